The van der Waals surface area contributed by atoms with E-state index in [-0.39, 0.29) is 53.4 Å². The molecule has 1 aliphatic rings. The van der Waals surface area contributed by atoms with Crippen molar-refractivity contribution in [3.63, 3.8) is 0 Å². The minimum absolute atomic E-state index is 0.0827. The van der Waals surface area contributed by atoms with Gasteiger partial charge in [-0.15, -0.1) is 0 Å². The van der Waals surface area contributed by atoms with Crippen LogP contribution in [0.5, 0.6) is 11.5 Å². The second-order valence-corrected chi connectivity index (χ2v) is 10.3. The van der Waals surface area contributed by atoms with E-state index in [0.29, 0.717) is 19.4 Å². The summed E-state index contributed by atoms with van der Waals surface area (Å²) in [5, 5.41) is 21.1. The van der Waals surface area contributed by atoms with E-state index in [1.165, 1.54) is 68.6 Å². The van der Waals surface area contributed by atoms with Crippen LogP contribution in [-0.4, -0.2) is 71.4 Å². The van der Waals surface area contributed by atoms with Gasteiger partial charge in [0.1, 0.15) is 23.1 Å². The summed E-state index contributed by atoms with van der Waals surface area (Å²) in [6.07, 6.45) is 0.959. The van der Waals surface area contributed by atoms with Crippen molar-refractivity contribution in [1.29, 1.82) is 0 Å². The van der Waals surface area contributed by atoms with Gasteiger partial charge in [-0.25, -0.2) is 13.8 Å². The molecule has 3 aromatic carbocycles. The molecule has 0 spiro atoms. The van der Waals surface area contributed by atoms with Gasteiger partial charge in [-0.3, -0.25) is 19.2 Å². The lowest BCUT2D eigenvalue weighted by molar-refractivity contribution is -0.164. The van der Waals surface area contributed by atoms with Crippen LogP contribution >= 0.6 is 0 Å². The Morgan fingerprint density at radius 3 is 2.05 bits per heavy atom. The Morgan fingerprint density at radius 1 is 0.976 bits per heavy atom. The van der Waals surface area contributed by atoms with Crippen LogP contribution in [0, 0.1) is 30.4 Å². The Labute approximate surface area is 236 Å². The van der Waals surface area contributed by atoms with Gasteiger partial charge in [-0.2, -0.15) is 0 Å². The molecule has 2 atom stereocenters. The van der Waals surface area contributed by atoms with Crippen LogP contribution in [0.2, 0.25) is 0 Å². The number of ketones is 2. The van der Waals surface area contributed by atoms with Gasteiger partial charge in [0.25, 0.3) is 0 Å². The molecule has 10 heteroatoms. The number of nitrogens with zero attached hydrogens (tertiary/aromatic N) is 2. The fourth-order valence-corrected chi connectivity index (χ4v) is 5.47. The molecule has 1 heterocycles. The molecule has 1 aliphatic heterocycles. The predicted octanol–water partition coefficient (Wildman–Crippen LogP) is 4.49. The van der Waals surface area contributed by atoms with Crippen molar-refractivity contribution in [3.05, 3.63) is 94.6 Å². The molecular weight excluding hydrogens is 534 g/mol. The van der Waals surface area contributed by atoms with E-state index in [2.05, 4.69) is 0 Å². The van der Waals surface area contributed by atoms with Crippen LogP contribution in [-0.2, 0) is 9.63 Å². The molecule has 0 radical (unpaired) electrons. The van der Waals surface area contributed by atoms with Crippen LogP contribution in [0.25, 0.3) is 0 Å². The highest BCUT2D eigenvalue weighted by Crippen LogP contribution is 2.43. The summed E-state index contributed by atoms with van der Waals surface area (Å²) >= 11 is 0. The standard InChI is InChI=1S/C31H32F2N2O6/c1-19-10-11-26(32)28(29(19)33)27-24(30(39)20-6-3-8-22(37)14-20)16-35(12-5-13-41-34(2)18-36)17-25(27)31(40)21-7-4-9-23(38)15-21/h3-4,6-11,14-15,18,24-25,27,37-38H,5,12-13,16-17H2,1-2H3/t24-,25-/m0/s1. The Kier molecular flexibility index (Phi) is 9.46. The first kappa shape index (κ1) is 29.8. The van der Waals surface area contributed by atoms with Crippen molar-refractivity contribution in [2.75, 3.05) is 33.3 Å². The normalized spacial score (nSPS) is 17.8. The highest BCUT2D eigenvalue weighted by molar-refractivity contribution is 6.02. The first-order valence-electron chi connectivity index (χ1n) is 13.2. The summed E-state index contributed by atoms with van der Waals surface area (Å²) in [6, 6.07) is 13.9. The number of amides is 1. The van der Waals surface area contributed by atoms with Crippen LogP contribution in [0.15, 0.2) is 60.7 Å². The maximum absolute atomic E-state index is 15.7. The highest BCUT2D eigenvalue weighted by atomic mass is 19.1. The Hall–Kier alpha value is -4.15. The number of halogens is 2. The van der Waals surface area contributed by atoms with Crippen molar-refractivity contribution in [2.45, 2.75) is 19.3 Å². The van der Waals surface area contributed by atoms with Crippen molar-refractivity contribution in [1.82, 2.24) is 9.96 Å². The van der Waals surface area contributed by atoms with Crippen molar-refractivity contribution >= 4 is 18.0 Å². The largest absolute Gasteiger partial charge is 0.508 e. The summed E-state index contributed by atoms with van der Waals surface area (Å²) < 4.78 is 31.2. The molecule has 1 saturated heterocycles. The van der Waals surface area contributed by atoms with Gasteiger partial charge in [0.15, 0.2) is 11.6 Å². The third kappa shape index (κ3) is 6.78. The fourth-order valence-electron chi connectivity index (χ4n) is 5.47. The number of benzene rings is 3. The molecule has 0 unspecified atom stereocenters. The van der Waals surface area contributed by atoms with E-state index < -0.39 is 41.0 Å². The van der Waals surface area contributed by atoms with E-state index in [9.17, 15) is 24.6 Å². The highest BCUT2D eigenvalue weighted by Gasteiger charge is 2.47. The van der Waals surface area contributed by atoms with Gasteiger partial charge in [0, 0.05) is 61.1 Å². The minimum atomic E-state index is -1.17. The number of carbonyl (C=O) groups is 3. The Morgan fingerprint density at radius 2 is 1.54 bits per heavy atom. The summed E-state index contributed by atoms with van der Waals surface area (Å²) in [6.45, 7) is 2.21. The van der Waals surface area contributed by atoms with E-state index in [1.54, 1.807) is 0 Å². The molecule has 4 rings (SSSR count). The number of phenols is 2. The number of piperidine rings is 1. The van der Waals surface area contributed by atoms with E-state index in [1.807, 2.05) is 4.90 Å². The lowest BCUT2D eigenvalue weighted by Crippen LogP contribution is -2.51. The molecule has 0 saturated carbocycles. The second kappa shape index (κ2) is 13.0. The van der Waals surface area contributed by atoms with Gasteiger partial charge >= 0.3 is 0 Å². The third-order valence-corrected chi connectivity index (χ3v) is 7.43. The Bertz CT molecular complexity index is 1360. The number of Topliss-reactive ketones (excluding diaryl/α,β-unsaturated/α-hetero) is 2. The van der Waals surface area contributed by atoms with Gasteiger partial charge < -0.3 is 15.1 Å². The molecular formula is C31H32F2N2O6. The lowest BCUT2D eigenvalue weighted by atomic mass is 9.68. The fraction of sp³-hybridized carbons (Fsp3) is 0.323. The SMILES string of the molecule is Cc1ccc(F)c(C2[C@@H](C(=O)c3cccc(O)c3)CN(CCCON(C)C=O)C[C@@H]2C(=O)c2cccc(O)c2)c1F. The van der Waals surface area contributed by atoms with Gasteiger partial charge in [0.2, 0.25) is 6.41 Å². The molecule has 41 heavy (non-hydrogen) atoms. The van der Waals surface area contributed by atoms with E-state index >= 15 is 8.78 Å². The summed E-state index contributed by atoms with van der Waals surface area (Å²) in [7, 11) is 1.46. The van der Waals surface area contributed by atoms with Crippen molar-refractivity contribution < 1.29 is 38.2 Å². The minimum Gasteiger partial charge on any atom is -0.508 e. The molecule has 1 amide bonds. The first-order chi connectivity index (χ1) is 19.6. The van der Waals surface area contributed by atoms with E-state index in [4.69, 9.17) is 4.84 Å². The summed E-state index contributed by atoms with van der Waals surface area (Å²) in [4.78, 5) is 46.0. The smallest absolute Gasteiger partial charge is 0.233 e. The second-order valence-electron chi connectivity index (χ2n) is 10.3. The number of phenolic OH excluding ortho intramolecular Hbond substituents is 2. The number of carbonyl (C=O) groups excluding carboxylic acids is 3. The van der Waals surface area contributed by atoms with E-state index in [0.717, 1.165) is 11.1 Å². The third-order valence-electron chi connectivity index (χ3n) is 7.43. The molecule has 1 fully saturated rings. The quantitative estimate of drug-likeness (QED) is 0.152. The number of rotatable bonds is 11. The average molecular weight is 567 g/mol. The van der Waals surface area contributed by atoms with Crippen LogP contribution in [0.3, 0.4) is 0 Å². The topological polar surface area (TPSA) is 107 Å². The number of aryl methyl sites for hydroxylation is 1. The maximum Gasteiger partial charge on any atom is 0.233 e. The summed E-state index contributed by atoms with van der Waals surface area (Å²) in [5.74, 6) is -6.19. The average Bonchev–Trinajstić information content (AvgIpc) is 2.96. The van der Waals surface area contributed by atoms with Gasteiger partial charge in [-0.05, 0) is 49.2 Å². The predicted molar refractivity (Wildman–Crippen MR) is 147 cm³/mol. The zero-order valence-electron chi connectivity index (χ0n) is 22.8. The summed E-state index contributed by atoms with van der Waals surface area (Å²) in [5.41, 5.74) is 0.134. The first-order valence-corrected chi connectivity index (χ1v) is 13.2. The monoisotopic (exact) mass is 566 g/mol. The van der Waals surface area contributed by atoms with Gasteiger partial charge in [-0.1, -0.05) is 30.3 Å². The molecule has 0 bridgehead atoms. The number of hydroxylamine groups is 2. The van der Waals surface area contributed by atoms with Crippen molar-refractivity contribution in [2.24, 2.45) is 11.8 Å². The molecule has 3 aromatic rings. The maximum atomic E-state index is 15.7. The zero-order valence-corrected chi connectivity index (χ0v) is 22.8. The molecule has 0 aromatic heterocycles. The lowest BCUT2D eigenvalue weighted by Gasteiger charge is -2.43. The number of hydrogen-bond acceptors (Lipinski definition) is 7. The molecule has 216 valence electrons. The molecule has 8 nitrogen and oxygen atoms in total. The molecule has 0 aliphatic carbocycles. The van der Waals surface area contributed by atoms with Gasteiger partial charge in [0.05, 0.1) is 6.61 Å². The van der Waals surface area contributed by atoms with Crippen molar-refractivity contribution in [3.8, 4) is 11.5 Å². The van der Waals surface area contributed by atoms with Crippen LogP contribution < -0.4 is 0 Å². The molecule has 2 N–H and O–H groups in total. The Balaban J connectivity index is 1.81. The number of aromatic hydroxyl groups is 2. The number of hydrogen-bond donors (Lipinski definition) is 2. The van der Waals surface area contributed by atoms with Crippen LogP contribution in [0.4, 0.5) is 8.78 Å². The zero-order chi connectivity index (χ0) is 29.7. The van der Waals surface area contributed by atoms with Crippen LogP contribution in [0.1, 0.15) is 44.2 Å². The number of likely N-dealkylation sites (tertiary alicyclic amines) is 1.